The molecule has 1 fully saturated rings. The second kappa shape index (κ2) is 6.91. The Balaban J connectivity index is 2.11. The molecule has 1 saturated carbocycles. The maximum atomic E-state index is 4.59. The number of nitrogens with zero attached hydrogens (tertiary/aromatic N) is 2. The molecule has 1 aromatic rings. The third kappa shape index (κ3) is 3.62. The average Bonchev–Trinajstić information content (AvgIpc) is 2.45. The van der Waals surface area contributed by atoms with Crippen LogP contribution in [-0.4, -0.2) is 22.6 Å². The Morgan fingerprint density at radius 1 is 1.10 bits per heavy atom. The fraction of sp³-hybridized carbons (Fsp3) is 0.750. The predicted octanol–water partition coefficient (Wildman–Crippen LogP) is 3.91. The summed E-state index contributed by atoms with van der Waals surface area (Å²) >= 11 is 0. The van der Waals surface area contributed by atoms with Crippen LogP contribution in [0.3, 0.4) is 0 Å². The van der Waals surface area contributed by atoms with E-state index in [9.17, 15) is 0 Å². The van der Waals surface area contributed by atoms with Crippen LogP contribution in [0.2, 0.25) is 0 Å². The Morgan fingerprint density at radius 3 is 2.40 bits per heavy atom. The molecule has 1 atom stereocenters. The van der Waals surface area contributed by atoms with Crippen LogP contribution in [0.25, 0.3) is 0 Å². The van der Waals surface area contributed by atoms with Crippen molar-refractivity contribution in [3.63, 3.8) is 0 Å². The topological polar surface area (TPSA) is 49.8 Å². The molecule has 0 aliphatic heterocycles. The van der Waals surface area contributed by atoms with Gasteiger partial charge in [-0.1, -0.05) is 19.3 Å². The van der Waals surface area contributed by atoms with Crippen LogP contribution in [0.5, 0.6) is 0 Å². The van der Waals surface area contributed by atoms with Crippen molar-refractivity contribution in [3.05, 3.63) is 11.4 Å². The average molecular weight is 276 g/mol. The van der Waals surface area contributed by atoms with Crippen LogP contribution in [0.1, 0.15) is 57.3 Å². The molecule has 1 aliphatic carbocycles. The zero-order chi connectivity index (χ0) is 14.5. The monoisotopic (exact) mass is 276 g/mol. The van der Waals surface area contributed by atoms with Crippen molar-refractivity contribution in [2.45, 2.75) is 65.8 Å². The standard InChI is InChI=1S/C16H28N4/c1-5-17-15-11(2)16(20-13(4)19-15)18-12(3)14-9-7-6-8-10-14/h12,14H,5-10H2,1-4H3,(H2,17,18,19,20). The minimum Gasteiger partial charge on any atom is -0.370 e. The number of anilines is 2. The first-order chi connectivity index (χ1) is 9.61. The van der Waals surface area contributed by atoms with Gasteiger partial charge in [0.15, 0.2) is 0 Å². The summed E-state index contributed by atoms with van der Waals surface area (Å²) in [4.78, 5) is 9.07. The lowest BCUT2D eigenvalue weighted by atomic mass is 9.84. The summed E-state index contributed by atoms with van der Waals surface area (Å²) in [5.74, 6) is 3.55. The summed E-state index contributed by atoms with van der Waals surface area (Å²) < 4.78 is 0. The first-order valence-corrected chi connectivity index (χ1v) is 7.97. The van der Waals surface area contributed by atoms with Gasteiger partial charge in [0, 0.05) is 18.2 Å². The van der Waals surface area contributed by atoms with E-state index in [2.05, 4.69) is 41.4 Å². The molecule has 4 heteroatoms. The number of nitrogens with one attached hydrogen (secondary N) is 2. The number of hydrogen-bond donors (Lipinski definition) is 2. The maximum absolute atomic E-state index is 4.59. The Hall–Kier alpha value is -1.32. The van der Waals surface area contributed by atoms with Gasteiger partial charge in [-0.25, -0.2) is 9.97 Å². The molecule has 1 heterocycles. The smallest absolute Gasteiger partial charge is 0.134 e. The molecule has 0 amide bonds. The van der Waals surface area contributed by atoms with Crippen molar-refractivity contribution in [2.24, 2.45) is 5.92 Å². The van der Waals surface area contributed by atoms with E-state index in [1.54, 1.807) is 0 Å². The lowest BCUT2D eigenvalue weighted by Crippen LogP contribution is -2.28. The SMILES string of the molecule is CCNc1nc(C)nc(NC(C)C2CCCCC2)c1C. The molecule has 0 bridgehead atoms. The molecule has 0 radical (unpaired) electrons. The Morgan fingerprint density at radius 2 is 1.75 bits per heavy atom. The molecule has 0 spiro atoms. The highest BCUT2D eigenvalue weighted by atomic mass is 15.1. The van der Waals surface area contributed by atoms with Gasteiger partial charge in [0.05, 0.1) is 0 Å². The van der Waals surface area contributed by atoms with Gasteiger partial charge in [-0.05, 0) is 46.5 Å². The van der Waals surface area contributed by atoms with E-state index in [1.165, 1.54) is 32.1 Å². The normalized spacial score (nSPS) is 17.8. The second-order valence-corrected chi connectivity index (χ2v) is 5.95. The molecule has 1 unspecified atom stereocenters. The van der Waals surface area contributed by atoms with Gasteiger partial charge < -0.3 is 10.6 Å². The zero-order valence-corrected chi connectivity index (χ0v) is 13.3. The van der Waals surface area contributed by atoms with E-state index in [4.69, 9.17) is 0 Å². The molecule has 1 aromatic heterocycles. The van der Waals surface area contributed by atoms with Crippen molar-refractivity contribution in [3.8, 4) is 0 Å². The molecular weight excluding hydrogens is 248 g/mol. The molecule has 4 nitrogen and oxygen atoms in total. The van der Waals surface area contributed by atoms with Crippen LogP contribution in [0.4, 0.5) is 11.6 Å². The molecule has 0 aromatic carbocycles. The van der Waals surface area contributed by atoms with Crippen molar-refractivity contribution in [1.82, 2.24) is 9.97 Å². The van der Waals surface area contributed by atoms with Crippen LogP contribution < -0.4 is 10.6 Å². The second-order valence-electron chi connectivity index (χ2n) is 5.95. The fourth-order valence-electron chi connectivity index (χ4n) is 3.08. The lowest BCUT2D eigenvalue weighted by molar-refractivity contribution is 0.328. The molecule has 112 valence electrons. The molecule has 0 saturated heterocycles. The number of aryl methyl sites for hydroxylation is 1. The summed E-state index contributed by atoms with van der Waals surface area (Å²) in [5.41, 5.74) is 1.13. The molecule has 2 N–H and O–H groups in total. The third-order valence-corrected chi connectivity index (χ3v) is 4.32. The largest absolute Gasteiger partial charge is 0.370 e. The van der Waals surface area contributed by atoms with Crippen LogP contribution in [-0.2, 0) is 0 Å². The Kier molecular flexibility index (Phi) is 5.21. The maximum Gasteiger partial charge on any atom is 0.134 e. The van der Waals surface area contributed by atoms with E-state index in [-0.39, 0.29) is 0 Å². The van der Waals surface area contributed by atoms with Crippen LogP contribution >= 0.6 is 0 Å². The van der Waals surface area contributed by atoms with Gasteiger partial charge >= 0.3 is 0 Å². The van der Waals surface area contributed by atoms with Crippen molar-refractivity contribution < 1.29 is 0 Å². The van der Waals surface area contributed by atoms with E-state index < -0.39 is 0 Å². The minimum atomic E-state index is 0.484. The van der Waals surface area contributed by atoms with Gasteiger partial charge in [-0.2, -0.15) is 0 Å². The lowest BCUT2D eigenvalue weighted by Gasteiger charge is -2.29. The molecular formula is C16H28N4. The highest BCUT2D eigenvalue weighted by Crippen LogP contribution is 2.29. The first kappa shape index (κ1) is 15.1. The first-order valence-electron chi connectivity index (χ1n) is 7.97. The van der Waals surface area contributed by atoms with E-state index in [1.807, 2.05) is 6.92 Å². The van der Waals surface area contributed by atoms with E-state index >= 15 is 0 Å². The molecule has 20 heavy (non-hydrogen) atoms. The van der Waals surface area contributed by atoms with E-state index in [0.717, 1.165) is 35.5 Å². The number of hydrogen-bond acceptors (Lipinski definition) is 4. The summed E-state index contributed by atoms with van der Waals surface area (Å²) in [6.07, 6.45) is 6.84. The summed E-state index contributed by atoms with van der Waals surface area (Å²) in [5, 5.41) is 6.95. The summed E-state index contributed by atoms with van der Waals surface area (Å²) in [6, 6.07) is 0.484. The van der Waals surface area contributed by atoms with Crippen LogP contribution in [0.15, 0.2) is 0 Å². The van der Waals surface area contributed by atoms with Crippen molar-refractivity contribution >= 4 is 11.6 Å². The predicted molar refractivity (Wildman–Crippen MR) is 85.3 cm³/mol. The van der Waals surface area contributed by atoms with Crippen molar-refractivity contribution in [1.29, 1.82) is 0 Å². The van der Waals surface area contributed by atoms with Gasteiger partial charge in [-0.15, -0.1) is 0 Å². The molecule has 1 aliphatic rings. The number of rotatable bonds is 5. The summed E-state index contributed by atoms with van der Waals surface area (Å²) in [6.45, 7) is 9.31. The zero-order valence-electron chi connectivity index (χ0n) is 13.3. The minimum absolute atomic E-state index is 0.484. The summed E-state index contributed by atoms with van der Waals surface area (Å²) in [7, 11) is 0. The molecule has 2 rings (SSSR count). The van der Waals surface area contributed by atoms with E-state index in [0.29, 0.717) is 6.04 Å². The quantitative estimate of drug-likeness (QED) is 0.856. The van der Waals surface area contributed by atoms with Crippen molar-refractivity contribution in [2.75, 3.05) is 17.2 Å². The van der Waals surface area contributed by atoms with Gasteiger partial charge in [-0.3, -0.25) is 0 Å². The Bertz CT molecular complexity index is 438. The van der Waals surface area contributed by atoms with Gasteiger partial charge in [0.1, 0.15) is 17.5 Å². The van der Waals surface area contributed by atoms with Gasteiger partial charge in [0.25, 0.3) is 0 Å². The van der Waals surface area contributed by atoms with Gasteiger partial charge in [0.2, 0.25) is 0 Å². The highest BCUT2D eigenvalue weighted by molar-refractivity contribution is 5.57. The highest BCUT2D eigenvalue weighted by Gasteiger charge is 2.21. The van der Waals surface area contributed by atoms with Crippen LogP contribution in [0, 0.1) is 19.8 Å². The third-order valence-electron chi connectivity index (χ3n) is 4.32. The fourth-order valence-corrected chi connectivity index (χ4v) is 3.08. The Labute approximate surface area is 122 Å². The number of aromatic nitrogens is 2.